The standard InChI is InChI=1S/C25H25NO7/c1-29-21-7-13(6-14(10-27)24(21)30-2)22-16-8-19-20(33-12-32-19)9-17(16)26(15-4-3-5-15)18-11-31-25(28)23(18)22/h6-9,15,22,27H,3-5,10-12H2,1-2H3. The predicted octanol–water partition coefficient (Wildman–Crippen LogP) is 3.24. The summed E-state index contributed by atoms with van der Waals surface area (Å²) >= 11 is 0. The molecule has 172 valence electrons. The van der Waals surface area contributed by atoms with Gasteiger partial charge in [0.05, 0.1) is 32.1 Å². The number of anilines is 1. The third-order valence-corrected chi connectivity index (χ3v) is 7.06. The smallest absolute Gasteiger partial charge is 0.337 e. The summed E-state index contributed by atoms with van der Waals surface area (Å²) in [6, 6.07) is 8.05. The van der Waals surface area contributed by atoms with E-state index in [0.29, 0.717) is 40.2 Å². The van der Waals surface area contributed by atoms with E-state index in [2.05, 4.69) is 4.90 Å². The Morgan fingerprint density at radius 2 is 1.85 bits per heavy atom. The molecule has 1 aliphatic carbocycles. The maximum Gasteiger partial charge on any atom is 0.337 e. The molecule has 1 N–H and O–H groups in total. The second kappa shape index (κ2) is 7.59. The lowest BCUT2D eigenvalue weighted by molar-refractivity contribution is -0.136. The van der Waals surface area contributed by atoms with Crippen LogP contribution in [0.2, 0.25) is 0 Å². The second-order valence-corrected chi connectivity index (χ2v) is 8.66. The number of nitrogens with zero attached hydrogens (tertiary/aromatic N) is 1. The molecule has 1 unspecified atom stereocenters. The summed E-state index contributed by atoms with van der Waals surface area (Å²) in [7, 11) is 3.10. The number of ether oxygens (including phenoxy) is 5. The summed E-state index contributed by atoms with van der Waals surface area (Å²) in [5, 5.41) is 10.0. The van der Waals surface area contributed by atoms with Gasteiger partial charge in [0.15, 0.2) is 23.0 Å². The summed E-state index contributed by atoms with van der Waals surface area (Å²) in [4.78, 5) is 15.3. The summed E-state index contributed by atoms with van der Waals surface area (Å²) in [5.74, 6) is 1.62. The normalized spacial score (nSPS) is 20.9. The van der Waals surface area contributed by atoms with Crippen LogP contribution in [0.5, 0.6) is 23.0 Å². The molecule has 1 fully saturated rings. The van der Waals surface area contributed by atoms with Crippen LogP contribution in [0.25, 0.3) is 0 Å². The number of cyclic esters (lactones) is 1. The van der Waals surface area contributed by atoms with Crippen molar-refractivity contribution in [3.8, 4) is 23.0 Å². The van der Waals surface area contributed by atoms with Crippen molar-refractivity contribution in [3.63, 3.8) is 0 Å². The Bertz CT molecular complexity index is 1160. The Morgan fingerprint density at radius 3 is 2.52 bits per heavy atom. The summed E-state index contributed by atoms with van der Waals surface area (Å²) in [5.41, 5.74) is 4.89. The SMILES string of the molecule is COc1cc(C2C3=C(COC3=O)N(C3CCC3)c3cc4c(cc32)OCO4)cc(CO)c1OC. The molecule has 0 amide bonds. The fourth-order valence-electron chi connectivity index (χ4n) is 5.34. The van der Waals surface area contributed by atoms with Crippen LogP contribution in [0.15, 0.2) is 35.5 Å². The first-order valence-electron chi connectivity index (χ1n) is 11.1. The van der Waals surface area contributed by atoms with Crippen molar-refractivity contribution in [2.24, 2.45) is 0 Å². The van der Waals surface area contributed by atoms with Crippen LogP contribution in [0.3, 0.4) is 0 Å². The number of aliphatic hydroxyl groups excluding tert-OH is 1. The van der Waals surface area contributed by atoms with Crippen molar-refractivity contribution in [1.82, 2.24) is 0 Å². The van der Waals surface area contributed by atoms with Gasteiger partial charge in [0.2, 0.25) is 6.79 Å². The summed E-state index contributed by atoms with van der Waals surface area (Å²) in [6.07, 6.45) is 3.29. The molecule has 0 bridgehead atoms. The van der Waals surface area contributed by atoms with Crippen molar-refractivity contribution < 1.29 is 33.6 Å². The predicted molar refractivity (Wildman–Crippen MR) is 118 cm³/mol. The largest absolute Gasteiger partial charge is 0.493 e. The first-order valence-corrected chi connectivity index (χ1v) is 11.1. The van der Waals surface area contributed by atoms with E-state index in [1.807, 2.05) is 24.3 Å². The highest BCUT2D eigenvalue weighted by molar-refractivity contribution is 5.98. The van der Waals surface area contributed by atoms with Gasteiger partial charge in [0.1, 0.15) is 6.61 Å². The molecule has 8 heteroatoms. The molecule has 0 saturated heterocycles. The molecule has 33 heavy (non-hydrogen) atoms. The molecule has 2 aromatic rings. The van der Waals surface area contributed by atoms with Gasteiger partial charge in [-0.2, -0.15) is 0 Å². The van der Waals surface area contributed by atoms with Crippen LogP contribution in [0.4, 0.5) is 5.69 Å². The molecule has 0 aromatic heterocycles. The number of fused-ring (bicyclic) bond motifs is 2. The van der Waals surface area contributed by atoms with Crippen LogP contribution in [0, 0.1) is 0 Å². The highest BCUT2D eigenvalue weighted by Crippen LogP contribution is 2.54. The highest BCUT2D eigenvalue weighted by atomic mass is 16.7. The molecule has 4 aliphatic rings. The van der Waals surface area contributed by atoms with Crippen molar-refractivity contribution in [2.45, 2.75) is 37.8 Å². The van der Waals surface area contributed by atoms with Gasteiger partial charge in [-0.25, -0.2) is 4.79 Å². The Morgan fingerprint density at radius 1 is 1.06 bits per heavy atom. The summed E-state index contributed by atoms with van der Waals surface area (Å²) < 4.78 is 28.0. The average Bonchev–Trinajstić information content (AvgIpc) is 3.42. The minimum absolute atomic E-state index is 0.173. The van der Waals surface area contributed by atoms with Crippen molar-refractivity contribution >= 4 is 11.7 Å². The van der Waals surface area contributed by atoms with Gasteiger partial charge in [-0.05, 0) is 48.6 Å². The number of carbonyl (C=O) groups is 1. The fourth-order valence-corrected chi connectivity index (χ4v) is 5.34. The van der Waals surface area contributed by atoms with E-state index in [0.717, 1.165) is 41.8 Å². The Labute approximate surface area is 191 Å². The number of hydrogen-bond donors (Lipinski definition) is 1. The first kappa shape index (κ1) is 20.2. The summed E-state index contributed by atoms with van der Waals surface area (Å²) in [6.45, 7) is 0.195. The van der Waals surface area contributed by atoms with E-state index in [-0.39, 0.29) is 26.0 Å². The minimum Gasteiger partial charge on any atom is -0.493 e. The van der Waals surface area contributed by atoms with Crippen LogP contribution >= 0.6 is 0 Å². The lowest BCUT2D eigenvalue weighted by Gasteiger charge is -2.44. The molecule has 8 nitrogen and oxygen atoms in total. The lowest BCUT2D eigenvalue weighted by atomic mass is 9.78. The Balaban J connectivity index is 1.61. The van der Waals surface area contributed by atoms with Crippen molar-refractivity contribution in [1.29, 1.82) is 0 Å². The van der Waals surface area contributed by atoms with Crippen LogP contribution in [-0.4, -0.2) is 44.7 Å². The molecular weight excluding hydrogens is 426 g/mol. The number of rotatable bonds is 5. The lowest BCUT2D eigenvalue weighted by Crippen LogP contribution is -2.43. The number of benzene rings is 2. The molecule has 3 heterocycles. The molecule has 2 aromatic carbocycles. The topological polar surface area (TPSA) is 86.7 Å². The Kier molecular flexibility index (Phi) is 4.65. The van der Waals surface area contributed by atoms with Gasteiger partial charge in [-0.15, -0.1) is 0 Å². The van der Waals surface area contributed by atoms with E-state index in [9.17, 15) is 9.90 Å². The van der Waals surface area contributed by atoms with Crippen molar-refractivity contribution in [3.05, 3.63) is 52.2 Å². The van der Waals surface area contributed by atoms with Crippen LogP contribution in [0.1, 0.15) is 41.9 Å². The number of carbonyl (C=O) groups excluding carboxylic acids is 1. The molecule has 1 atom stereocenters. The van der Waals surface area contributed by atoms with E-state index in [1.165, 1.54) is 0 Å². The highest BCUT2D eigenvalue weighted by Gasteiger charge is 2.46. The zero-order chi connectivity index (χ0) is 22.7. The van der Waals surface area contributed by atoms with Gasteiger partial charge in [0, 0.05) is 29.3 Å². The number of esters is 1. The molecular formula is C25H25NO7. The van der Waals surface area contributed by atoms with Gasteiger partial charge in [-0.1, -0.05) is 0 Å². The van der Waals surface area contributed by atoms with Gasteiger partial charge in [-0.3, -0.25) is 0 Å². The van der Waals surface area contributed by atoms with E-state index in [4.69, 9.17) is 23.7 Å². The molecule has 6 rings (SSSR count). The maximum absolute atomic E-state index is 13.1. The third-order valence-electron chi connectivity index (χ3n) is 7.06. The quantitative estimate of drug-likeness (QED) is 0.694. The molecule has 0 spiro atoms. The fraction of sp³-hybridized carbons (Fsp3) is 0.400. The monoisotopic (exact) mass is 451 g/mol. The maximum atomic E-state index is 13.1. The Hall–Kier alpha value is -3.39. The zero-order valence-electron chi connectivity index (χ0n) is 18.6. The van der Waals surface area contributed by atoms with Gasteiger partial charge >= 0.3 is 5.97 Å². The van der Waals surface area contributed by atoms with Crippen LogP contribution < -0.4 is 23.8 Å². The zero-order valence-corrected chi connectivity index (χ0v) is 18.6. The third kappa shape index (κ3) is 2.90. The van der Waals surface area contributed by atoms with Crippen molar-refractivity contribution in [2.75, 3.05) is 32.5 Å². The van der Waals surface area contributed by atoms with Gasteiger partial charge in [0.25, 0.3) is 0 Å². The van der Waals surface area contributed by atoms with E-state index >= 15 is 0 Å². The number of hydrogen-bond acceptors (Lipinski definition) is 8. The number of methoxy groups -OCH3 is 2. The minimum atomic E-state index is -0.402. The van der Waals surface area contributed by atoms with Gasteiger partial charge < -0.3 is 33.7 Å². The molecule has 3 aliphatic heterocycles. The van der Waals surface area contributed by atoms with Crippen LogP contribution in [-0.2, 0) is 16.1 Å². The number of aliphatic hydroxyl groups is 1. The average molecular weight is 451 g/mol. The molecule has 1 saturated carbocycles. The van der Waals surface area contributed by atoms with E-state index in [1.54, 1.807) is 14.2 Å². The first-order chi connectivity index (χ1) is 16.1. The molecule has 0 radical (unpaired) electrons. The second-order valence-electron chi connectivity index (χ2n) is 8.66. The van der Waals surface area contributed by atoms with E-state index < -0.39 is 5.92 Å².